The standard InChI is InChI=1S/C54H76O3P/c1-48(2,3)36-23-22-24-39(29-36)58(55,56-46-32-40-34(27-44(46)53(16,17)18)25-37(49(4,5)6)30-42(40)51(10,11)12)57-47-33-41-35(28-45(47)54(19,20)21)26-38(50(7,8)9)31-43(41)52(13,14)15/h22-33,55H,1-21H3/q+1. The van der Waals surface area contributed by atoms with Crippen molar-refractivity contribution in [3.8, 4) is 11.5 Å². The van der Waals surface area contributed by atoms with Gasteiger partial charge in [-0.1, -0.05) is 182 Å². The molecule has 0 bridgehead atoms. The minimum absolute atomic E-state index is 0.0191. The fraction of sp³-hybridized carbons (Fsp3) is 0.519. The SMILES string of the molecule is CC(C)(C)c1cccc([P+](O)(Oc2cc3c(C(C)(C)C)cc(C(C)(C)C)cc3cc2C(C)(C)C)Oc2cc3c(C(C)(C)C)cc(C(C)(C)C)cc3cc2C(C)(C)C)c1. The van der Waals surface area contributed by atoms with E-state index < -0.39 is 7.94 Å². The molecule has 0 aliphatic rings. The summed E-state index contributed by atoms with van der Waals surface area (Å²) in [5, 5.41) is 5.27. The molecule has 5 aromatic rings. The third-order valence-electron chi connectivity index (χ3n) is 11.6. The van der Waals surface area contributed by atoms with Crippen LogP contribution in [0.5, 0.6) is 11.5 Å². The highest BCUT2D eigenvalue weighted by Gasteiger charge is 2.50. The molecule has 0 spiro atoms. The van der Waals surface area contributed by atoms with Crippen LogP contribution in [0.1, 0.15) is 184 Å². The van der Waals surface area contributed by atoms with Crippen molar-refractivity contribution in [3.05, 3.63) is 112 Å². The van der Waals surface area contributed by atoms with E-state index in [4.69, 9.17) is 9.05 Å². The van der Waals surface area contributed by atoms with Crippen LogP contribution in [0.2, 0.25) is 0 Å². The summed E-state index contributed by atoms with van der Waals surface area (Å²) in [5.41, 5.74) is 7.23. The number of hydrogen-bond donors (Lipinski definition) is 1. The Morgan fingerprint density at radius 3 is 1.02 bits per heavy atom. The highest BCUT2D eigenvalue weighted by molar-refractivity contribution is 7.69. The van der Waals surface area contributed by atoms with E-state index in [0.29, 0.717) is 16.8 Å². The molecule has 5 rings (SSSR count). The average Bonchev–Trinajstić information content (AvgIpc) is 3.03. The maximum absolute atomic E-state index is 13.5. The lowest BCUT2D eigenvalue weighted by Crippen LogP contribution is -2.26. The fourth-order valence-corrected chi connectivity index (χ4v) is 9.41. The lowest BCUT2D eigenvalue weighted by molar-refractivity contribution is 0.353. The number of rotatable bonds is 5. The fourth-order valence-electron chi connectivity index (χ4n) is 7.75. The lowest BCUT2D eigenvalue weighted by atomic mass is 9.76. The topological polar surface area (TPSA) is 38.7 Å². The summed E-state index contributed by atoms with van der Waals surface area (Å²) in [6, 6.07) is 26.6. The summed E-state index contributed by atoms with van der Waals surface area (Å²) in [6.07, 6.45) is 0. The summed E-state index contributed by atoms with van der Waals surface area (Å²) in [4.78, 5) is 13.5. The molecule has 0 atom stereocenters. The summed E-state index contributed by atoms with van der Waals surface area (Å²) in [5.74, 6) is 1.30. The molecular weight excluding hydrogens is 728 g/mol. The van der Waals surface area contributed by atoms with Crippen molar-refractivity contribution in [1.82, 2.24) is 0 Å². The van der Waals surface area contributed by atoms with Crippen molar-refractivity contribution in [3.63, 3.8) is 0 Å². The van der Waals surface area contributed by atoms with Crippen molar-refractivity contribution in [1.29, 1.82) is 0 Å². The number of hydrogen-bond acceptors (Lipinski definition) is 3. The number of benzene rings is 5. The van der Waals surface area contributed by atoms with Crippen LogP contribution in [-0.2, 0) is 37.9 Å². The Morgan fingerprint density at radius 2 is 0.707 bits per heavy atom. The molecule has 0 saturated heterocycles. The van der Waals surface area contributed by atoms with Gasteiger partial charge in [0.05, 0.1) is 0 Å². The van der Waals surface area contributed by atoms with Crippen LogP contribution in [0.25, 0.3) is 21.5 Å². The van der Waals surface area contributed by atoms with E-state index >= 15 is 0 Å². The van der Waals surface area contributed by atoms with E-state index in [1.54, 1.807) is 0 Å². The van der Waals surface area contributed by atoms with Gasteiger partial charge in [0.25, 0.3) is 0 Å². The zero-order valence-electron chi connectivity index (χ0n) is 40.1. The molecule has 0 fully saturated rings. The lowest BCUT2D eigenvalue weighted by Gasteiger charge is -2.30. The van der Waals surface area contributed by atoms with Crippen LogP contribution in [0.3, 0.4) is 0 Å². The molecule has 0 unspecified atom stereocenters. The molecule has 3 nitrogen and oxygen atoms in total. The van der Waals surface area contributed by atoms with Crippen molar-refractivity contribution < 1.29 is 13.9 Å². The van der Waals surface area contributed by atoms with Crippen LogP contribution in [0.15, 0.2) is 72.8 Å². The molecule has 314 valence electrons. The Balaban J connectivity index is 1.88. The summed E-state index contributed by atoms with van der Waals surface area (Å²) < 4.78 is 14.6. The van der Waals surface area contributed by atoms with Crippen molar-refractivity contribution >= 4 is 34.8 Å². The van der Waals surface area contributed by atoms with Gasteiger partial charge in [0.15, 0.2) is 11.5 Å². The van der Waals surface area contributed by atoms with E-state index in [9.17, 15) is 4.89 Å². The highest BCUT2D eigenvalue weighted by Crippen LogP contribution is 2.59. The predicted octanol–water partition coefficient (Wildman–Crippen LogP) is 15.6. The van der Waals surface area contributed by atoms with Gasteiger partial charge >= 0.3 is 7.94 Å². The molecule has 0 aliphatic carbocycles. The second-order valence-corrected chi connectivity index (χ2v) is 26.1. The van der Waals surface area contributed by atoms with Gasteiger partial charge in [0.1, 0.15) is 0 Å². The molecule has 0 aromatic heterocycles. The first kappa shape index (κ1) is 45.7. The first-order valence-corrected chi connectivity index (χ1v) is 23.0. The van der Waals surface area contributed by atoms with Crippen molar-refractivity contribution in [2.24, 2.45) is 0 Å². The van der Waals surface area contributed by atoms with E-state index in [1.807, 2.05) is 12.1 Å². The second-order valence-electron chi connectivity index (χ2n) is 24.2. The molecule has 4 heteroatoms. The first-order chi connectivity index (χ1) is 26.0. The maximum atomic E-state index is 13.5. The smallest absolute Gasteiger partial charge is 0.273 e. The van der Waals surface area contributed by atoms with Gasteiger partial charge in [-0.15, -0.1) is 0 Å². The van der Waals surface area contributed by atoms with Gasteiger partial charge in [-0.3, -0.25) is 9.05 Å². The normalized spacial score (nSPS) is 14.0. The first-order valence-electron chi connectivity index (χ1n) is 21.4. The Bertz CT molecular complexity index is 2190. The molecule has 0 aliphatic heterocycles. The van der Waals surface area contributed by atoms with E-state index in [-0.39, 0.29) is 37.9 Å². The molecule has 0 heterocycles. The summed E-state index contributed by atoms with van der Waals surface area (Å²) in [7, 11) is -3.89. The van der Waals surface area contributed by atoms with Crippen LogP contribution in [0, 0.1) is 0 Å². The third kappa shape index (κ3) is 9.63. The molecule has 0 saturated carbocycles. The minimum atomic E-state index is -3.89. The zero-order chi connectivity index (χ0) is 44.0. The molecule has 1 N–H and O–H groups in total. The Kier molecular flexibility index (Phi) is 11.5. The second kappa shape index (κ2) is 14.7. The molecule has 58 heavy (non-hydrogen) atoms. The Hall–Kier alpha value is -3.39. The summed E-state index contributed by atoms with van der Waals surface area (Å²) >= 11 is 0. The molecule has 5 aromatic carbocycles. The maximum Gasteiger partial charge on any atom is 0.533 e. The van der Waals surface area contributed by atoms with Gasteiger partial charge in [-0.25, -0.2) is 0 Å². The van der Waals surface area contributed by atoms with Crippen LogP contribution < -0.4 is 14.4 Å². The molecule has 0 amide bonds. The van der Waals surface area contributed by atoms with Crippen molar-refractivity contribution in [2.75, 3.05) is 0 Å². The van der Waals surface area contributed by atoms with Crippen LogP contribution in [0.4, 0.5) is 0 Å². The largest absolute Gasteiger partial charge is 0.533 e. The van der Waals surface area contributed by atoms with E-state index in [2.05, 4.69) is 206 Å². The van der Waals surface area contributed by atoms with Gasteiger partial charge < -0.3 is 0 Å². The molecular formula is C54H76O3P+. The van der Waals surface area contributed by atoms with Gasteiger partial charge in [0.2, 0.25) is 5.30 Å². The quantitative estimate of drug-likeness (QED) is 0.180. The van der Waals surface area contributed by atoms with E-state index in [1.165, 1.54) is 33.0 Å². The average molecular weight is 804 g/mol. The molecule has 0 radical (unpaired) electrons. The van der Waals surface area contributed by atoms with Crippen LogP contribution in [-0.4, -0.2) is 4.89 Å². The summed E-state index contributed by atoms with van der Waals surface area (Å²) in [6.45, 7) is 47.3. The highest BCUT2D eigenvalue weighted by atomic mass is 31.2. The third-order valence-corrected chi connectivity index (χ3v) is 13.4. The predicted molar refractivity (Wildman–Crippen MR) is 255 cm³/mol. The van der Waals surface area contributed by atoms with Crippen molar-refractivity contribution in [2.45, 2.75) is 183 Å². The zero-order valence-corrected chi connectivity index (χ0v) is 41.0. The van der Waals surface area contributed by atoms with Gasteiger partial charge in [-0.2, -0.15) is 4.89 Å². The number of fused-ring (bicyclic) bond motifs is 2. The minimum Gasteiger partial charge on any atom is -0.273 e. The van der Waals surface area contributed by atoms with E-state index in [0.717, 1.165) is 27.5 Å². The monoisotopic (exact) mass is 804 g/mol. The van der Waals surface area contributed by atoms with Crippen LogP contribution >= 0.6 is 7.94 Å². The van der Waals surface area contributed by atoms with Gasteiger partial charge in [-0.05, 0) is 124 Å². The Labute approximate surface area is 353 Å². The Morgan fingerprint density at radius 1 is 0.362 bits per heavy atom. The van der Waals surface area contributed by atoms with Gasteiger partial charge in [0, 0.05) is 11.1 Å².